The van der Waals surface area contributed by atoms with Crippen LogP contribution < -0.4 is 9.55 Å². The van der Waals surface area contributed by atoms with E-state index in [1.165, 1.54) is 21.8 Å². The Morgan fingerprint density at radius 1 is 0.610 bits per heavy atom. The molecule has 0 aliphatic heterocycles. The van der Waals surface area contributed by atoms with Crippen molar-refractivity contribution in [1.29, 1.82) is 0 Å². The van der Waals surface area contributed by atoms with Crippen LogP contribution in [0.5, 0.6) is 5.75 Å². The van der Waals surface area contributed by atoms with Crippen molar-refractivity contribution in [3.63, 3.8) is 0 Å². The van der Waals surface area contributed by atoms with E-state index in [0.717, 1.165) is 34.0 Å². The molecule has 0 unspecified atom stereocenters. The fraction of sp³-hybridized carbons (Fsp3) is 0. The van der Waals surface area contributed by atoms with Crippen LogP contribution in [0.3, 0.4) is 0 Å². The highest BCUT2D eigenvalue weighted by Crippen LogP contribution is 2.37. The summed E-state index contributed by atoms with van der Waals surface area (Å²) in [6, 6.07) is 47.9. The van der Waals surface area contributed by atoms with Gasteiger partial charge in [0.1, 0.15) is 11.6 Å². The lowest BCUT2D eigenvalue weighted by atomic mass is 10.0. The van der Waals surface area contributed by atoms with Crippen LogP contribution in [0.25, 0.3) is 38.6 Å². The van der Waals surface area contributed by atoms with Crippen molar-refractivity contribution < 1.29 is 9.68 Å². The van der Waals surface area contributed by atoms with Crippen LogP contribution in [0.1, 0.15) is 0 Å². The summed E-state index contributed by atoms with van der Waals surface area (Å²) < 4.78 is 7.55. The quantitative estimate of drug-likeness (QED) is 0.212. The minimum atomic E-state index is -0.358. The highest BCUT2D eigenvalue weighted by Gasteiger charge is 2.15. The standard InChI is InChI=1S/C35H26BN3O2/c40-36-41-30-20-18-29(19-21-30)38(35-12-6-7-23-37-35)28-16-13-25(14-17-28)26-15-22-34-32(24-26)31-10-4-5-11-33(31)39(34)27-8-2-1-3-9-27/h1-24,36,40H. The Bertz CT molecular complexity index is 1940. The molecule has 196 valence electrons. The number of benzene rings is 5. The molecule has 0 saturated carbocycles. The van der Waals surface area contributed by atoms with E-state index < -0.39 is 0 Å². The molecule has 0 amide bonds. The summed E-state index contributed by atoms with van der Waals surface area (Å²) in [5.74, 6) is 1.42. The molecule has 2 heterocycles. The van der Waals surface area contributed by atoms with E-state index in [4.69, 9.17) is 9.68 Å². The minimum Gasteiger partial charge on any atom is -0.539 e. The fourth-order valence-electron chi connectivity index (χ4n) is 5.48. The van der Waals surface area contributed by atoms with Crippen molar-refractivity contribution in [1.82, 2.24) is 9.55 Å². The maximum Gasteiger partial charge on any atom is 0.504 e. The number of hydrogen-bond donors (Lipinski definition) is 1. The molecule has 7 rings (SSSR count). The van der Waals surface area contributed by atoms with Crippen molar-refractivity contribution in [2.75, 3.05) is 4.90 Å². The van der Waals surface area contributed by atoms with Gasteiger partial charge in [0, 0.05) is 34.0 Å². The van der Waals surface area contributed by atoms with E-state index in [0.29, 0.717) is 5.75 Å². The molecule has 6 heteroatoms. The average Bonchev–Trinajstić information content (AvgIpc) is 3.37. The molecule has 0 aliphatic rings. The van der Waals surface area contributed by atoms with Gasteiger partial charge in [-0.3, -0.25) is 4.90 Å². The third-order valence-corrected chi connectivity index (χ3v) is 7.35. The van der Waals surface area contributed by atoms with E-state index in [1.54, 1.807) is 6.20 Å². The second-order valence-corrected chi connectivity index (χ2v) is 9.76. The molecule has 1 N–H and O–H groups in total. The zero-order valence-electron chi connectivity index (χ0n) is 22.3. The molecule has 0 spiro atoms. The molecule has 0 atom stereocenters. The van der Waals surface area contributed by atoms with Crippen LogP contribution in [0.15, 0.2) is 146 Å². The number of rotatable bonds is 7. The van der Waals surface area contributed by atoms with Crippen LogP contribution in [-0.2, 0) is 0 Å². The number of para-hydroxylation sites is 2. The summed E-state index contributed by atoms with van der Waals surface area (Å²) in [7, 11) is -0.358. The van der Waals surface area contributed by atoms with Gasteiger partial charge in [0.05, 0.1) is 11.0 Å². The van der Waals surface area contributed by atoms with Gasteiger partial charge in [-0.05, 0) is 90.0 Å². The predicted octanol–water partition coefficient (Wildman–Crippen LogP) is 7.95. The number of aromatic nitrogens is 2. The summed E-state index contributed by atoms with van der Waals surface area (Å²) in [5, 5.41) is 11.6. The van der Waals surface area contributed by atoms with Gasteiger partial charge >= 0.3 is 7.69 Å². The van der Waals surface area contributed by atoms with E-state index in [9.17, 15) is 0 Å². The average molecular weight is 531 g/mol. The number of anilines is 3. The Balaban J connectivity index is 1.29. The number of nitrogens with zero attached hydrogens (tertiary/aromatic N) is 3. The lowest BCUT2D eigenvalue weighted by molar-refractivity contribution is 0.454. The molecule has 0 saturated heterocycles. The van der Waals surface area contributed by atoms with Crippen LogP contribution in [0, 0.1) is 0 Å². The largest absolute Gasteiger partial charge is 0.539 e. The number of hydrogen-bond acceptors (Lipinski definition) is 4. The Kier molecular flexibility index (Phi) is 6.43. The Labute approximate surface area is 238 Å². The summed E-state index contributed by atoms with van der Waals surface area (Å²) in [6.45, 7) is 0. The second-order valence-electron chi connectivity index (χ2n) is 9.76. The van der Waals surface area contributed by atoms with Crippen molar-refractivity contribution in [3.8, 4) is 22.6 Å². The summed E-state index contributed by atoms with van der Waals surface area (Å²) >= 11 is 0. The first-order valence-electron chi connectivity index (χ1n) is 13.5. The Morgan fingerprint density at radius 2 is 1.27 bits per heavy atom. The third-order valence-electron chi connectivity index (χ3n) is 7.35. The summed E-state index contributed by atoms with van der Waals surface area (Å²) in [4.78, 5) is 6.71. The van der Waals surface area contributed by atoms with Crippen LogP contribution in [-0.4, -0.2) is 22.3 Å². The SMILES string of the molecule is OBOc1ccc(N(c2ccc(-c3ccc4c(c3)c3ccccc3n4-c3ccccc3)cc2)c2ccccn2)cc1. The van der Waals surface area contributed by atoms with Crippen LogP contribution >= 0.6 is 0 Å². The normalized spacial score (nSPS) is 11.0. The maximum absolute atomic E-state index is 9.09. The fourth-order valence-corrected chi connectivity index (χ4v) is 5.48. The Morgan fingerprint density at radius 3 is 2.00 bits per heavy atom. The molecule has 0 radical (unpaired) electrons. The molecule has 7 aromatic rings. The van der Waals surface area contributed by atoms with Gasteiger partial charge < -0.3 is 14.2 Å². The zero-order chi connectivity index (χ0) is 27.6. The molecule has 0 fully saturated rings. The van der Waals surface area contributed by atoms with Crippen LogP contribution in [0.4, 0.5) is 17.2 Å². The molecule has 0 aliphatic carbocycles. The van der Waals surface area contributed by atoms with Crippen molar-refractivity contribution >= 4 is 46.7 Å². The molecule has 0 bridgehead atoms. The van der Waals surface area contributed by atoms with Gasteiger partial charge in [-0.15, -0.1) is 0 Å². The van der Waals surface area contributed by atoms with E-state index >= 15 is 0 Å². The Hall–Kier alpha value is -5.33. The van der Waals surface area contributed by atoms with Gasteiger partial charge in [-0.2, -0.15) is 0 Å². The molecule has 41 heavy (non-hydrogen) atoms. The molecule has 5 aromatic carbocycles. The predicted molar refractivity (Wildman–Crippen MR) is 169 cm³/mol. The first kappa shape index (κ1) is 24.7. The van der Waals surface area contributed by atoms with Crippen molar-refractivity contribution in [3.05, 3.63) is 146 Å². The molecule has 2 aromatic heterocycles. The van der Waals surface area contributed by atoms with Crippen LogP contribution in [0.2, 0.25) is 0 Å². The van der Waals surface area contributed by atoms with E-state index in [-0.39, 0.29) is 7.69 Å². The third kappa shape index (κ3) is 4.60. The zero-order valence-corrected chi connectivity index (χ0v) is 22.3. The highest BCUT2D eigenvalue weighted by molar-refractivity contribution is 6.17. The van der Waals surface area contributed by atoms with Gasteiger partial charge in [0.25, 0.3) is 0 Å². The molecular weight excluding hydrogens is 505 g/mol. The lowest BCUT2D eigenvalue weighted by Crippen LogP contribution is -2.11. The topological polar surface area (TPSA) is 50.5 Å². The van der Waals surface area contributed by atoms with Gasteiger partial charge in [0.15, 0.2) is 0 Å². The first-order valence-corrected chi connectivity index (χ1v) is 13.5. The summed E-state index contributed by atoms with van der Waals surface area (Å²) in [6.07, 6.45) is 1.79. The second kappa shape index (κ2) is 10.7. The summed E-state index contributed by atoms with van der Waals surface area (Å²) in [5.41, 5.74) is 7.77. The van der Waals surface area contributed by atoms with E-state index in [2.05, 4.69) is 112 Å². The van der Waals surface area contributed by atoms with Gasteiger partial charge in [0.2, 0.25) is 0 Å². The first-order chi connectivity index (χ1) is 20.3. The van der Waals surface area contributed by atoms with Crippen molar-refractivity contribution in [2.24, 2.45) is 0 Å². The maximum atomic E-state index is 9.09. The number of pyridine rings is 1. The van der Waals surface area contributed by atoms with Gasteiger partial charge in [-0.25, -0.2) is 4.98 Å². The van der Waals surface area contributed by atoms with E-state index in [1.807, 2.05) is 42.5 Å². The monoisotopic (exact) mass is 531 g/mol. The molecule has 5 nitrogen and oxygen atoms in total. The van der Waals surface area contributed by atoms with Gasteiger partial charge in [-0.1, -0.05) is 60.7 Å². The lowest BCUT2D eigenvalue weighted by Gasteiger charge is -2.24. The number of fused-ring (bicyclic) bond motifs is 3. The van der Waals surface area contributed by atoms with Crippen molar-refractivity contribution in [2.45, 2.75) is 0 Å². The highest BCUT2D eigenvalue weighted by atomic mass is 16.5. The smallest absolute Gasteiger partial charge is 0.504 e. The minimum absolute atomic E-state index is 0.358. The molecular formula is C35H26BN3O2.